The third-order valence-corrected chi connectivity index (χ3v) is 6.90. The molecular weight excluding hydrogens is 454 g/mol. The van der Waals surface area contributed by atoms with Crippen LogP contribution < -0.4 is 9.64 Å². The van der Waals surface area contributed by atoms with E-state index in [-0.39, 0.29) is 23.0 Å². The van der Waals surface area contributed by atoms with Crippen molar-refractivity contribution in [1.29, 1.82) is 0 Å². The monoisotopic (exact) mass is 493 g/mol. The summed E-state index contributed by atoms with van der Waals surface area (Å²) in [4.78, 5) is 41.1. The van der Waals surface area contributed by atoms with Gasteiger partial charge in [0.1, 0.15) is 17.1 Å². The van der Waals surface area contributed by atoms with Crippen molar-refractivity contribution >= 4 is 23.3 Å². The van der Waals surface area contributed by atoms with Gasteiger partial charge in [-0.25, -0.2) is 4.79 Å². The van der Waals surface area contributed by atoms with Crippen LogP contribution in [0.15, 0.2) is 36.4 Å². The molecule has 1 heterocycles. The fourth-order valence-corrected chi connectivity index (χ4v) is 5.33. The molecule has 0 aliphatic carbocycles. The predicted molar refractivity (Wildman–Crippen MR) is 142 cm³/mol. The van der Waals surface area contributed by atoms with Crippen LogP contribution >= 0.6 is 0 Å². The molecule has 0 N–H and O–H groups in total. The maximum atomic E-state index is 14.2. The molecule has 194 valence electrons. The third-order valence-electron chi connectivity index (χ3n) is 6.90. The Morgan fingerprint density at radius 3 is 2.33 bits per heavy atom. The fraction of sp³-hybridized carbons (Fsp3) is 0.500. The van der Waals surface area contributed by atoms with Gasteiger partial charge in [-0.05, 0) is 66.0 Å². The zero-order valence-corrected chi connectivity index (χ0v) is 22.9. The van der Waals surface area contributed by atoms with Crippen LogP contribution in [0, 0.1) is 5.92 Å². The summed E-state index contributed by atoms with van der Waals surface area (Å²) in [5, 5.41) is 0. The summed E-state index contributed by atoms with van der Waals surface area (Å²) in [6, 6.07) is 11.2. The van der Waals surface area contributed by atoms with Gasteiger partial charge in [0.25, 0.3) is 5.91 Å². The van der Waals surface area contributed by atoms with Crippen molar-refractivity contribution < 1.29 is 23.9 Å². The number of ketones is 1. The van der Waals surface area contributed by atoms with Gasteiger partial charge < -0.3 is 14.3 Å². The van der Waals surface area contributed by atoms with E-state index in [9.17, 15) is 14.4 Å². The Morgan fingerprint density at radius 2 is 1.78 bits per heavy atom. The summed E-state index contributed by atoms with van der Waals surface area (Å²) in [5.74, 6) is 0.160. The largest absolute Gasteiger partial charge is 0.496 e. The molecular formula is C30H39NO5. The van der Waals surface area contributed by atoms with Crippen molar-refractivity contribution in [3.05, 3.63) is 58.7 Å². The maximum absolute atomic E-state index is 14.2. The Balaban J connectivity index is 2.21. The van der Waals surface area contributed by atoms with Crippen LogP contribution in [-0.2, 0) is 32.6 Å². The van der Waals surface area contributed by atoms with Crippen molar-refractivity contribution in [1.82, 2.24) is 0 Å². The van der Waals surface area contributed by atoms with Gasteiger partial charge in [-0.1, -0.05) is 52.8 Å². The Hall–Kier alpha value is -3.15. The lowest BCUT2D eigenvalue weighted by atomic mass is 9.83. The second-order valence-corrected chi connectivity index (χ2v) is 11.2. The zero-order valence-electron chi connectivity index (χ0n) is 22.9. The molecule has 1 amide bonds. The van der Waals surface area contributed by atoms with Gasteiger partial charge >= 0.3 is 5.97 Å². The van der Waals surface area contributed by atoms with E-state index in [4.69, 9.17) is 9.47 Å². The molecule has 3 rings (SSSR count). The molecule has 2 aromatic carbocycles. The molecule has 0 bridgehead atoms. The molecule has 0 spiro atoms. The second kappa shape index (κ2) is 10.5. The summed E-state index contributed by atoms with van der Waals surface area (Å²) in [6.45, 7) is 11.9. The molecule has 1 aliphatic rings. The highest BCUT2D eigenvalue weighted by atomic mass is 16.5. The number of amides is 1. The number of carbonyl (C=O) groups excluding carboxylic acids is 3. The second-order valence-electron chi connectivity index (χ2n) is 11.2. The smallest absolute Gasteiger partial charge is 0.332 e. The van der Waals surface area contributed by atoms with Crippen molar-refractivity contribution in [3.8, 4) is 5.75 Å². The zero-order chi connectivity index (χ0) is 26.8. The number of rotatable bonds is 8. The van der Waals surface area contributed by atoms with Gasteiger partial charge in [-0.3, -0.25) is 9.69 Å². The molecule has 0 radical (unpaired) electrons. The molecule has 0 saturated heterocycles. The quantitative estimate of drug-likeness (QED) is 0.443. The Labute approximate surface area is 215 Å². The van der Waals surface area contributed by atoms with Crippen LogP contribution in [0.3, 0.4) is 0 Å². The van der Waals surface area contributed by atoms with E-state index in [1.165, 1.54) is 7.11 Å². The van der Waals surface area contributed by atoms with Crippen molar-refractivity contribution in [2.45, 2.75) is 78.2 Å². The molecule has 0 fully saturated rings. The Kier molecular flexibility index (Phi) is 7.97. The minimum atomic E-state index is -1.18. The summed E-state index contributed by atoms with van der Waals surface area (Å²) in [5.41, 5.74) is 2.71. The van der Waals surface area contributed by atoms with Crippen LogP contribution in [0.4, 0.5) is 5.69 Å². The lowest BCUT2D eigenvalue weighted by molar-refractivity contribution is -0.147. The molecule has 2 aromatic rings. The lowest BCUT2D eigenvalue weighted by Crippen LogP contribution is -2.57. The number of anilines is 1. The fourth-order valence-electron chi connectivity index (χ4n) is 5.33. The number of aryl methyl sites for hydroxylation is 1. The molecule has 6 nitrogen and oxygen atoms in total. The SMILES string of the molecule is COC(=O)C1(CC(C)C)Cc2c(CCC(C)=O)cccc2N1C(=O)c1ccc(C(C)(C)C)c(OC)c1. The first kappa shape index (κ1) is 27.4. The highest BCUT2D eigenvalue weighted by molar-refractivity contribution is 6.13. The van der Waals surface area contributed by atoms with Gasteiger partial charge in [0.15, 0.2) is 0 Å². The van der Waals surface area contributed by atoms with Crippen LogP contribution in [0.25, 0.3) is 0 Å². The van der Waals surface area contributed by atoms with Crippen LogP contribution in [0.1, 0.15) is 81.4 Å². The minimum Gasteiger partial charge on any atom is -0.496 e. The number of hydrogen-bond acceptors (Lipinski definition) is 5. The Bertz CT molecular complexity index is 1160. The van der Waals surface area contributed by atoms with Crippen LogP contribution in [0.5, 0.6) is 5.75 Å². The molecule has 6 heteroatoms. The van der Waals surface area contributed by atoms with E-state index < -0.39 is 11.5 Å². The van der Waals surface area contributed by atoms with Gasteiger partial charge in [-0.2, -0.15) is 0 Å². The first-order valence-electron chi connectivity index (χ1n) is 12.6. The van der Waals surface area contributed by atoms with Gasteiger partial charge in [0.2, 0.25) is 0 Å². The molecule has 1 aliphatic heterocycles. The first-order chi connectivity index (χ1) is 16.9. The average Bonchev–Trinajstić information content (AvgIpc) is 3.15. The number of benzene rings is 2. The van der Waals surface area contributed by atoms with Crippen LogP contribution in [-0.4, -0.2) is 37.4 Å². The molecule has 1 atom stereocenters. The van der Waals surface area contributed by atoms with E-state index in [1.54, 1.807) is 31.1 Å². The number of nitrogens with zero attached hydrogens (tertiary/aromatic N) is 1. The normalized spacial score (nSPS) is 17.2. The summed E-state index contributed by atoms with van der Waals surface area (Å²) >= 11 is 0. The standard InChI is InChI=1S/C30H39NO5/c1-19(2)17-30(28(34)36-8)18-23-21(13-12-20(3)32)10-9-11-25(23)31(30)27(33)22-14-15-24(29(4,5)6)26(16-22)35-7/h9-11,14-16,19H,12-13,17-18H2,1-8H3. The molecule has 0 aromatic heterocycles. The van der Waals surface area contributed by atoms with E-state index in [2.05, 4.69) is 20.8 Å². The molecule has 36 heavy (non-hydrogen) atoms. The topological polar surface area (TPSA) is 72.9 Å². The van der Waals surface area contributed by atoms with Crippen molar-refractivity contribution in [2.24, 2.45) is 5.92 Å². The van der Waals surface area contributed by atoms with E-state index in [1.807, 2.05) is 38.1 Å². The number of esters is 1. The number of carbonyl (C=O) groups is 3. The van der Waals surface area contributed by atoms with Gasteiger partial charge in [-0.15, -0.1) is 0 Å². The third kappa shape index (κ3) is 5.18. The number of ether oxygens (including phenoxy) is 2. The highest BCUT2D eigenvalue weighted by Crippen LogP contribution is 2.46. The van der Waals surface area contributed by atoms with E-state index in [0.717, 1.165) is 16.7 Å². The average molecular weight is 494 g/mol. The highest BCUT2D eigenvalue weighted by Gasteiger charge is 2.54. The van der Waals surface area contributed by atoms with Crippen molar-refractivity contribution in [2.75, 3.05) is 19.1 Å². The van der Waals surface area contributed by atoms with E-state index >= 15 is 0 Å². The van der Waals surface area contributed by atoms with Gasteiger partial charge in [0.05, 0.1) is 14.2 Å². The molecule has 1 unspecified atom stereocenters. The predicted octanol–water partition coefficient (Wildman–Crippen LogP) is 5.68. The summed E-state index contributed by atoms with van der Waals surface area (Å²) in [6.07, 6.45) is 1.77. The van der Waals surface area contributed by atoms with E-state index in [0.29, 0.717) is 42.7 Å². The first-order valence-corrected chi connectivity index (χ1v) is 12.6. The lowest BCUT2D eigenvalue weighted by Gasteiger charge is -2.37. The van der Waals surface area contributed by atoms with Crippen LogP contribution in [0.2, 0.25) is 0 Å². The number of Topliss-reactive ketones (excluding diaryl/α,β-unsaturated/α-hetero) is 1. The molecule has 0 saturated carbocycles. The summed E-state index contributed by atoms with van der Waals surface area (Å²) in [7, 11) is 2.97. The number of fused-ring (bicyclic) bond motifs is 1. The van der Waals surface area contributed by atoms with Gasteiger partial charge in [0, 0.05) is 24.1 Å². The number of methoxy groups -OCH3 is 2. The minimum absolute atomic E-state index is 0.103. The number of hydrogen-bond donors (Lipinski definition) is 0. The van der Waals surface area contributed by atoms with Crippen molar-refractivity contribution in [3.63, 3.8) is 0 Å². The summed E-state index contributed by atoms with van der Waals surface area (Å²) < 4.78 is 11.0. The maximum Gasteiger partial charge on any atom is 0.332 e. The Morgan fingerprint density at radius 1 is 1.08 bits per heavy atom.